The molecule has 10 heavy (non-hydrogen) atoms. The Labute approximate surface area is 59.1 Å². The Bertz CT molecular complexity index is 265. The molecule has 0 saturated carbocycles. The second-order valence-electron chi connectivity index (χ2n) is 1.85. The standard InChI is InChI=1S/C7H7N3/c1-2-6-3-5(8)4-7(9)10-6/h1,3-4H,(H4,8,9,10). The topological polar surface area (TPSA) is 64.9 Å². The Kier molecular flexibility index (Phi) is 1.46. The minimum atomic E-state index is 0.355. The molecule has 4 N–H and O–H groups in total. The Morgan fingerprint density at radius 2 is 2.10 bits per heavy atom. The van der Waals surface area contributed by atoms with E-state index in [2.05, 4.69) is 10.9 Å². The van der Waals surface area contributed by atoms with Crippen LogP contribution in [0.4, 0.5) is 11.5 Å². The highest BCUT2D eigenvalue weighted by Gasteiger charge is 1.92. The number of pyridine rings is 1. The predicted molar refractivity (Wildman–Crippen MR) is 41.0 cm³/mol. The number of nitrogens with zero attached hydrogens (tertiary/aromatic N) is 1. The first-order valence-electron chi connectivity index (χ1n) is 2.72. The average Bonchev–Trinajstić information content (AvgIpc) is 1.85. The summed E-state index contributed by atoms with van der Waals surface area (Å²) >= 11 is 0. The van der Waals surface area contributed by atoms with Crippen molar-refractivity contribution in [1.82, 2.24) is 4.98 Å². The predicted octanol–water partition coefficient (Wildman–Crippen LogP) is 0.227. The molecule has 0 aromatic carbocycles. The quantitative estimate of drug-likeness (QED) is 0.498. The molecule has 1 rings (SSSR count). The van der Waals surface area contributed by atoms with Gasteiger partial charge in [-0.25, -0.2) is 4.98 Å². The van der Waals surface area contributed by atoms with E-state index in [1.807, 2.05) is 0 Å². The normalized spacial score (nSPS) is 8.70. The zero-order chi connectivity index (χ0) is 7.56. The number of hydrogen-bond donors (Lipinski definition) is 2. The molecule has 0 saturated heterocycles. The Hall–Kier alpha value is -1.69. The van der Waals surface area contributed by atoms with Gasteiger partial charge in [-0.15, -0.1) is 6.42 Å². The molecule has 0 aliphatic carbocycles. The summed E-state index contributed by atoms with van der Waals surface area (Å²) in [7, 11) is 0. The fourth-order valence-electron chi connectivity index (χ4n) is 0.648. The van der Waals surface area contributed by atoms with Crippen molar-refractivity contribution in [3.05, 3.63) is 17.8 Å². The summed E-state index contributed by atoms with van der Waals surface area (Å²) in [6.45, 7) is 0. The monoisotopic (exact) mass is 133 g/mol. The maximum absolute atomic E-state index is 5.42. The van der Waals surface area contributed by atoms with E-state index in [-0.39, 0.29) is 0 Å². The van der Waals surface area contributed by atoms with Crippen LogP contribution in [0.3, 0.4) is 0 Å². The highest BCUT2D eigenvalue weighted by Crippen LogP contribution is 2.07. The number of nitrogen functional groups attached to an aromatic ring is 2. The van der Waals surface area contributed by atoms with E-state index in [9.17, 15) is 0 Å². The van der Waals surface area contributed by atoms with E-state index >= 15 is 0 Å². The lowest BCUT2D eigenvalue weighted by molar-refractivity contribution is 1.30. The summed E-state index contributed by atoms with van der Waals surface area (Å²) in [6, 6.07) is 3.15. The molecule has 3 heteroatoms. The maximum atomic E-state index is 5.42. The number of hydrogen-bond acceptors (Lipinski definition) is 3. The smallest absolute Gasteiger partial charge is 0.126 e. The van der Waals surface area contributed by atoms with E-state index in [1.54, 1.807) is 12.1 Å². The van der Waals surface area contributed by atoms with Gasteiger partial charge in [-0.1, -0.05) is 5.92 Å². The van der Waals surface area contributed by atoms with Crippen molar-refractivity contribution in [2.24, 2.45) is 0 Å². The zero-order valence-electron chi connectivity index (χ0n) is 5.33. The first-order valence-corrected chi connectivity index (χ1v) is 2.72. The van der Waals surface area contributed by atoms with Crippen molar-refractivity contribution in [1.29, 1.82) is 0 Å². The van der Waals surface area contributed by atoms with E-state index in [4.69, 9.17) is 17.9 Å². The van der Waals surface area contributed by atoms with Crippen LogP contribution in [0, 0.1) is 12.3 Å². The van der Waals surface area contributed by atoms with Gasteiger partial charge in [0.2, 0.25) is 0 Å². The molecule has 0 aliphatic heterocycles. The second-order valence-corrected chi connectivity index (χ2v) is 1.85. The van der Waals surface area contributed by atoms with Crippen molar-refractivity contribution in [2.75, 3.05) is 11.5 Å². The molecule has 0 spiro atoms. The van der Waals surface area contributed by atoms with Crippen LogP contribution in [0.15, 0.2) is 12.1 Å². The van der Waals surface area contributed by atoms with Crippen molar-refractivity contribution in [2.45, 2.75) is 0 Å². The number of nitrogens with two attached hydrogens (primary N) is 2. The van der Waals surface area contributed by atoms with Crippen LogP contribution in [0.2, 0.25) is 0 Å². The van der Waals surface area contributed by atoms with Crippen LogP contribution in [0.25, 0.3) is 0 Å². The molecule has 0 bridgehead atoms. The summed E-state index contributed by atoms with van der Waals surface area (Å²) in [6.07, 6.45) is 5.06. The number of terminal acetylenes is 1. The largest absolute Gasteiger partial charge is 0.399 e. The van der Waals surface area contributed by atoms with Gasteiger partial charge in [0, 0.05) is 11.8 Å². The number of rotatable bonds is 0. The van der Waals surface area contributed by atoms with Crippen LogP contribution in [-0.4, -0.2) is 4.98 Å². The van der Waals surface area contributed by atoms with Crippen LogP contribution in [0.1, 0.15) is 5.69 Å². The van der Waals surface area contributed by atoms with Crippen molar-refractivity contribution < 1.29 is 0 Å². The molecule has 0 amide bonds. The Balaban J connectivity index is 3.22. The number of anilines is 2. The molecular formula is C7H7N3. The molecule has 0 atom stereocenters. The lowest BCUT2D eigenvalue weighted by Crippen LogP contribution is -1.95. The molecule has 0 radical (unpaired) electrons. The summed E-state index contributed by atoms with van der Waals surface area (Å²) < 4.78 is 0. The van der Waals surface area contributed by atoms with E-state index in [0.29, 0.717) is 17.2 Å². The lowest BCUT2D eigenvalue weighted by atomic mass is 10.3. The van der Waals surface area contributed by atoms with Crippen LogP contribution in [0.5, 0.6) is 0 Å². The third-order valence-corrected chi connectivity index (χ3v) is 1.02. The molecule has 3 nitrogen and oxygen atoms in total. The van der Waals surface area contributed by atoms with Crippen molar-refractivity contribution in [3.63, 3.8) is 0 Å². The summed E-state index contributed by atoms with van der Waals surface area (Å²) in [5.41, 5.74) is 11.8. The first kappa shape index (κ1) is 6.43. The average molecular weight is 133 g/mol. The van der Waals surface area contributed by atoms with Gasteiger partial charge in [0.25, 0.3) is 0 Å². The van der Waals surface area contributed by atoms with Crippen molar-refractivity contribution in [3.8, 4) is 12.3 Å². The van der Waals surface area contributed by atoms with Gasteiger partial charge in [-0.2, -0.15) is 0 Å². The van der Waals surface area contributed by atoms with E-state index in [0.717, 1.165) is 0 Å². The molecule has 0 aliphatic rings. The Morgan fingerprint density at radius 1 is 1.40 bits per heavy atom. The maximum Gasteiger partial charge on any atom is 0.126 e. The molecule has 50 valence electrons. The van der Waals surface area contributed by atoms with Gasteiger partial charge < -0.3 is 11.5 Å². The van der Waals surface area contributed by atoms with E-state index in [1.165, 1.54) is 0 Å². The fraction of sp³-hybridized carbons (Fsp3) is 0. The second kappa shape index (κ2) is 2.28. The van der Waals surface area contributed by atoms with E-state index < -0.39 is 0 Å². The molecule has 1 heterocycles. The minimum absolute atomic E-state index is 0.355. The van der Waals surface area contributed by atoms with Gasteiger partial charge in [0.15, 0.2) is 0 Å². The third-order valence-electron chi connectivity index (χ3n) is 1.02. The molecule has 0 unspecified atom stereocenters. The summed E-state index contributed by atoms with van der Waals surface area (Å²) in [4.78, 5) is 3.81. The van der Waals surface area contributed by atoms with Gasteiger partial charge in [-0.3, -0.25) is 0 Å². The minimum Gasteiger partial charge on any atom is -0.399 e. The van der Waals surface area contributed by atoms with Crippen LogP contribution < -0.4 is 11.5 Å². The first-order chi connectivity index (χ1) is 4.72. The SMILES string of the molecule is C#Cc1cc(N)cc(N)n1. The fourth-order valence-corrected chi connectivity index (χ4v) is 0.648. The zero-order valence-corrected chi connectivity index (χ0v) is 5.33. The molecule has 1 aromatic heterocycles. The van der Waals surface area contributed by atoms with Gasteiger partial charge in [0.1, 0.15) is 11.5 Å². The number of aromatic nitrogens is 1. The van der Waals surface area contributed by atoms with Crippen LogP contribution >= 0.6 is 0 Å². The third kappa shape index (κ3) is 1.17. The van der Waals surface area contributed by atoms with Gasteiger partial charge >= 0.3 is 0 Å². The molecule has 0 fully saturated rings. The highest BCUT2D eigenvalue weighted by atomic mass is 14.8. The van der Waals surface area contributed by atoms with Crippen molar-refractivity contribution >= 4 is 11.5 Å². The van der Waals surface area contributed by atoms with Gasteiger partial charge in [-0.05, 0) is 6.07 Å². The lowest BCUT2D eigenvalue weighted by Gasteiger charge is -1.95. The van der Waals surface area contributed by atoms with Gasteiger partial charge in [0.05, 0.1) is 0 Å². The highest BCUT2D eigenvalue weighted by molar-refractivity contribution is 5.50. The summed E-state index contributed by atoms with van der Waals surface area (Å²) in [5, 5.41) is 0. The Morgan fingerprint density at radius 3 is 2.60 bits per heavy atom. The summed E-state index contributed by atoms with van der Waals surface area (Å²) in [5.74, 6) is 2.69. The molecule has 1 aromatic rings. The molecular weight excluding hydrogens is 126 g/mol. The van der Waals surface area contributed by atoms with Crippen LogP contribution in [-0.2, 0) is 0 Å².